The molecule has 1 aliphatic rings. The van der Waals surface area contributed by atoms with Gasteiger partial charge >= 0.3 is 6.03 Å². The molecule has 23 heavy (non-hydrogen) atoms. The van der Waals surface area contributed by atoms with Gasteiger partial charge in [0.05, 0.1) is 11.5 Å². The van der Waals surface area contributed by atoms with Gasteiger partial charge < -0.3 is 20.1 Å². The molecule has 2 atom stereocenters. The molecule has 128 valence electrons. The third-order valence-electron chi connectivity index (χ3n) is 3.73. The highest BCUT2D eigenvalue weighted by Gasteiger charge is 2.34. The van der Waals surface area contributed by atoms with Crippen molar-refractivity contribution >= 4 is 15.9 Å². The van der Waals surface area contributed by atoms with E-state index in [1.54, 1.807) is 19.1 Å². The molecule has 2 unspecified atom stereocenters. The molecular weight excluding hydrogens is 320 g/mol. The molecule has 0 aromatic heterocycles. The van der Waals surface area contributed by atoms with Gasteiger partial charge in [0.25, 0.3) is 0 Å². The fourth-order valence-corrected chi connectivity index (χ4v) is 4.33. The standard InChI is InChI=1S/C15H22N2O5S/c1-3-17(12-8-9-23(20,21)10-12)15(19)16-11(2)22-14-6-4-13(18)5-7-14/h4-7,11-12,18H,3,8-10H2,1-2H3,(H,16,19). The van der Waals surface area contributed by atoms with Crippen LogP contribution >= 0.6 is 0 Å². The number of phenols is 1. The monoisotopic (exact) mass is 342 g/mol. The van der Waals surface area contributed by atoms with E-state index in [-0.39, 0.29) is 29.3 Å². The first-order valence-corrected chi connectivity index (χ1v) is 9.36. The summed E-state index contributed by atoms with van der Waals surface area (Å²) in [6, 6.07) is 5.54. The van der Waals surface area contributed by atoms with E-state index in [4.69, 9.17) is 4.74 Å². The van der Waals surface area contributed by atoms with Crippen LogP contribution < -0.4 is 10.1 Å². The minimum atomic E-state index is -3.04. The molecule has 0 saturated carbocycles. The second kappa shape index (κ2) is 7.08. The highest BCUT2D eigenvalue weighted by atomic mass is 32.2. The zero-order chi connectivity index (χ0) is 17.0. The maximum Gasteiger partial charge on any atom is 0.320 e. The van der Waals surface area contributed by atoms with Crippen LogP contribution in [0.15, 0.2) is 24.3 Å². The van der Waals surface area contributed by atoms with Crippen LogP contribution in [0.5, 0.6) is 11.5 Å². The van der Waals surface area contributed by atoms with E-state index < -0.39 is 16.1 Å². The van der Waals surface area contributed by atoms with E-state index in [2.05, 4.69) is 5.32 Å². The lowest BCUT2D eigenvalue weighted by molar-refractivity contribution is 0.145. The molecule has 0 spiro atoms. The Morgan fingerprint density at radius 3 is 2.61 bits per heavy atom. The predicted molar refractivity (Wildman–Crippen MR) is 86.2 cm³/mol. The summed E-state index contributed by atoms with van der Waals surface area (Å²) in [6.07, 6.45) is -0.115. The van der Waals surface area contributed by atoms with Crippen molar-refractivity contribution in [2.45, 2.75) is 32.5 Å². The maximum absolute atomic E-state index is 12.3. The summed E-state index contributed by atoms with van der Waals surface area (Å²) < 4.78 is 28.7. The predicted octanol–water partition coefficient (Wildman–Crippen LogP) is 1.34. The Balaban J connectivity index is 1.92. The van der Waals surface area contributed by atoms with Crippen LogP contribution in [0.3, 0.4) is 0 Å². The lowest BCUT2D eigenvalue weighted by Gasteiger charge is -2.28. The topological polar surface area (TPSA) is 95.9 Å². The zero-order valence-electron chi connectivity index (χ0n) is 13.2. The van der Waals surface area contributed by atoms with Gasteiger partial charge in [-0.05, 0) is 44.5 Å². The van der Waals surface area contributed by atoms with E-state index in [1.807, 2.05) is 6.92 Å². The first-order chi connectivity index (χ1) is 10.8. The van der Waals surface area contributed by atoms with Crippen molar-refractivity contribution in [1.29, 1.82) is 0 Å². The van der Waals surface area contributed by atoms with Crippen LogP contribution in [0.1, 0.15) is 20.3 Å². The zero-order valence-corrected chi connectivity index (χ0v) is 14.0. The highest BCUT2D eigenvalue weighted by molar-refractivity contribution is 7.91. The Hall–Kier alpha value is -1.96. The molecule has 0 bridgehead atoms. The van der Waals surface area contributed by atoms with Gasteiger partial charge in [-0.3, -0.25) is 0 Å². The Kier molecular flexibility index (Phi) is 5.35. The van der Waals surface area contributed by atoms with Crippen molar-refractivity contribution in [3.05, 3.63) is 24.3 Å². The molecule has 1 aromatic rings. The normalized spacial score (nSPS) is 20.7. The molecule has 8 heteroatoms. The molecule has 2 amide bonds. The van der Waals surface area contributed by atoms with Crippen LogP contribution in [0.2, 0.25) is 0 Å². The number of ether oxygens (including phenoxy) is 1. The minimum Gasteiger partial charge on any atom is -0.508 e. The average molecular weight is 342 g/mol. The number of phenolic OH excluding ortho intramolecular Hbond substituents is 1. The van der Waals surface area contributed by atoms with E-state index in [1.165, 1.54) is 17.0 Å². The lowest BCUT2D eigenvalue weighted by atomic mass is 10.2. The fraction of sp³-hybridized carbons (Fsp3) is 0.533. The number of hydrogen-bond donors (Lipinski definition) is 2. The molecular formula is C15H22N2O5S. The van der Waals surface area contributed by atoms with E-state index in [0.29, 0.717) is 18.7 Å². The number of urea groups is 1. The number of rotatable bonds is 5. The van der Waals surface area contributed by atoms with Crippen molar-refractivity contribution in [1.82, 2.24) is 10.2 Å². The molecule has 1 saturated heterocycles. The molecule has 0 radical (unpaired) electrons. The van der Waals surface area contributed by atoms with Gasteiger partial charge in [0.1, 0.15) is 11.5 Å². The van der Waals surface area contributed by atoms with Crippen LogP contribution in [0, 0.1) is 0 Å². The summed E-state index contributed by atoms with van der Waals surface area (Å²) in [6.45, 7) is 3.93. The molecule has 2 N–H and O–H groups in total. The Morgan fingerprint density at radius 2 is 2.09 bits per heavy atom. The molecule has 1 fully saturated rings. The summed E-state index contributed by atoms with van der Waals surface area (Å²) in [5.74, 6) is 0.790. The van der Waals surface area contributed by atoms with E-state index >= 15 is 0 Å². The molecule has 7 nitrogen and oxygen atoms in total. The minimum absolute atomic E-state index is 0.0153. The molecule has 2 rings (SSSR count). The quantitative estimate of drug-likeness (QED) is 0.787. The second-order valence-corrected chi connectivity index (χ2v) is 7.78. The number of benzene rings is 1. The third kappa shape index (κ3) is 4.75. The molecule has 0 aliphatic carbocycles. The first kappa shape index (κ1) is 17.4. The van der Waals surface area contributed by atoms with Crippen molar-refractivity contribution in [2.75, 3.05) is 18.1 Å². The van der Waals surface area contributed by atoms with Gasteiger partial charge in [0, 0.05) is 12.6 Å². The van der Waals surface area contributed by atoms with E-state index in [9.17, 15) is 18.3 Å². The van der Waals surface area contributed by atoms with Crippen LogP contribution in [-0.4, -0.2) is 54.8 Å². The number of aromatic hydroxyl groups is 1. The van der Waals surface area contributed by atoms with Crippen molar-refractivity contribution in [3.8, 4) is 11.5 Å². The number of sulfone groups is 1. The lowest BCUT2D eigenvalue weighted by Crippen LogP contribution is -2.50. The number of carbonyl (C=O) groups excluding carboxylic acids is 1. The van der Waals surface area contributed by atoms with Gasteiger partial charge in [-0.15, -0.1) is 0 Å². The number of carbonyl (C=O) groups is 1. The van der Waals surface area contributed by atoms with E-state index in [0.717, 1.165) is 0 Å². The summed E-state index contributed by atoms with van der Waals surface area (Å²) in [7, 11) is -3.04. The molecule has 1 heterocycles. The number of nitrogens with zero attached hydrogens (tertiary/aromatic N) is 1. The average Bonchev–Trinajstić information content (AvgIpc) is 2.82. The maximum atomic E-state index is 12.3. The summed E-state index contributed by atoms with van der Waals surface area (Å²) in [4.78, 5) is 13.9. The van der Waals surface area contributed by atoms with Crippen molar-refractivity contribution in [2.24, 2.45) is 0 Å². The van der Waals surface area contributed by atoms with Gasteiger partial charge in [-0.25, -0.2) is 13.2 Å². The Labute approximate surface area is 136 Å². The Bertz CT molecular complexity index is 644. The Morgan fingerprint density at radius 1 is 1.43 bits per heavy atom. The summed E-state index contributed by atoms with van der Waals surface area (Å²) in [5.41, 5.74) is 0. The molecule has 1 aliphatic heterocycles. The third-order valence-corrected chi connectivity index (χ3v) is 5.48. The molecule has 1 aromatic carbocycles. The van der Waals surface area contributed by atoms with Crippen LogP contribution in [-0.2, 0) is 9.84 Å². The van der Waals surface area contributed by atoms with Crippen LogP contribution in [0.25, 0.3) is 0 Å². The van der Waals surface area contributed by atoms with Gasteiger partial charge in [0.2, 0.25) is 0 Å². The van der Waals surface area contributed by atoms with Crippen LogP contribution in [0.4, 0.5) is 4.79 Å². The van der Waals surface area contributed by atoms with Gasteiger partial charge in [0.15, 0.2) is 16.1 Å². The fourth-order valence-electron chi connectivity index (χ4n) is 2.60. The highest BCUT2D eigenvalue weighted by Crippen LogP contribution is 2.19. The van der Waals surface area contributed by atoms with Crippen molar-refractivity contribution < 1.29 is 23.1 Å². The summed E-state index contributed by atoms with van der Waals surface area (Å²) >= 11 is 0. The number of amides is 2. The van der Waals surface area contributed by atoms with Gasteiger partial charge in [-0.2, -0.15) is 0 Å². The second-order valence-electron chi connectivity index (χ2n) is 5.55. The smallest absolute Gasteiger partial charge is 0.320 e. The van der Waals surface area contributed by atoms with Crippen molar-refractivity contribution in [3.63, 3.8) is 0 Å². The number of hydrogen-bond acceptors (Lipinski definition) is 5. The largest absolute Gasteiger partial charge is 0.508 e. The SMILES string of the molecule is CCN(C(=O)NC(C)Oc1ccc(O)cc1)C1CCS(=O)(=O)C1. The summed E-state index contributed by atoms with van der Waals surface area (Å²) in [5, 5.41) is 11.9. The van der Waals surface area contributed by atoms with Gasteiger partial charge in [-0.1, -0.05) is 0 Å². The number of nitrogens with one attached hydrogen (secondary N) is 1. The first-order valence-electron chi connectivity index (χ1n) is 7.54.